The van der Waals surface area contributed by atoms with E-state index in [0.29, 0.717) is 40.4 Å². The summed E-state index contributed by atoms with van der Waals surface area (Å²) in [6.45, 7) is 12.1. The van der Waals surface area contributed by atoms with E-state index in [9.17, 15) is 15.0 Å². The smallest absolute Gasteiger partial charge is 0.309 e. The summed E-state index contributed by atoms with van der Waals surface area (Å²) in [7, 11) is 0. The van der Waals surface area contributed by atoms with Crippen LogP contribution in [0.5, 0.6) is 0 Å². The van der Waals surface area contributed by atoms with Gasteiger partial charge in [-0.3, -0.25) is 4.79 Å². The number of carboxylic acid groups (broad SMARTS) is 1. The molecule has 3 heteroatoms. The number of carbonyl (C=O) groups is 1. The molecule has 5 aliphatic carbocycles. The maximum Gasteiger partial charge on any atom is 0.309 e. The minimum atomic E-state index is -0.499. The van der Waals surface area contributed by atoms with E-state index in [1.807, 2.05) is 0 Å². The zero-order valence-electron chi connectivity index (χ0n) is 19.9. The van der Waals surface area contributed by atoms with Gasteiger partial charge in [0.25, 0.3) is 0 Å². The molecule has 2 N–H and O–H groups in total. The Balaban J connectivity index is 1.50. The number of aliphatic hydroxyl groups excluding tert-OH is 1. The molecule has 0 heterocycles. The lowest BCUT2D eigenvalue weighted by Gasteiger charge is -2.69. The summed E-state index contributed by atoms with van der Waals surface area (Å²) < 4.78 is 0. The number of fused-ring (bicyclic) bond motifs is 7. The Bertz CT molecular complexity index is 730. The Kier molecular flexibility index (Phi) is 4.60. The van der Waals surface area contributed by atoms with Crippen LogP contribution in [0.3, 0.4) is 0 Å². The largest absolute Gasteiger partial charge is 0.481 e. The van der Waals surface area contributed by atoms with Crippen LogP contribution in [0.2, 0.25) is 0 Å². The maximum absolute atomic E-state index is 12.5. The van der Waals surface area contributed by atoms with E-state index in [-0.39, 0.29) is 11.5 Å². The topological polar surface area (TPSA) is 57.5 Å². The molecule has 5 rings (SSSR count). The van der Waals surface area contributed by atoms with Crippen molar-refractivity contribution in [2.24, 2.45) is 57.2 Å². The van der Waals surface area contributed by atoms with Crippen LogP contribution in [0.25, 0.3) is 0 Å². The van der Waals surface area contributed by atoms with Crippen LogP contribution in [0.4, 0.5) is 0 Å². The molecule has 10 unspecified atom stereocenters. The van der Waals surface area contributed by atoms with Crippen molar-refractivity contribution < 1.29 is 15.0 Å². The molecule has 0 bridgehead atoms. The average Bonchev–Trinajstić information content (AvgIpc) is 3.03. The van der Waals surface area contributed by atoms with Crippen molar-refractivity contribution in [1.82, 2.24) is 0 Å². The molecule has 30 heavy (non-hydrogen) atoms. The van der Waals surface area contributed by atoms with Crippen LogP contribution in [0.15, 0.2) is 0 Å². The first-order valence-corrected chi connectivity index (χ1v) is 12.9. The number of carboxylic acids is 1. The van der Waals surface area contributed by atoms with E-state index in [4.69, 9.17) is 0 Å². The van der Waals surface area contributed by atoms with Crippen LogP contribution < -0.4 is 0 Å². The Morgan fingerprint density at radius 3 is 2.17 bits per heavy atom. The lowest BCUT2D eigenvalue weighted by atomic mass is 9.36. The van der Waals surface area contributed by atoms with Gasteiger partial charge in [0.05, 0.1) is 11.5 Å². The quantitative estimate of drug-likeness (QED) is 0.539. The molecule has 0 aromatic heterocycles. The second-order valence-corrected chi connectivity index (χ2v) is 13.4. The first kappa shape index (κ1) is 21.3. The van der Waals surface area contributed by atoms with Gasteiger partial charge in [0.15, 0.2) is 0 Å². The molecular formula is C27H44O3. The number of hydrogen-bond donors (Lipinski definition) is 2. The van der Waals surface area contributed by atoms with Gasteiger partial charge in [0.1, 0.15) is 0 Å². The Morgan fingerprint density at radius 1 is 0.800 bits per heavy atom. The molecule has 170 valence electrons. The third kappa shape index (κ3) is 2.45. The Morgan fingerprint density at radius 2 is 1.47 bits per heavy atom. The van der Waals surface area contributed by atoms with Gasteiger partial charge in [-0.1, -0.05) is 34.6 Å². The molecule has 10 atom stereocenters. The number of hydrogen-bond acceptors (Lipinski definition) is 2. The van der Waals surface area contributed by atoms with Crippen LogP contribution in [0, 0.1) is 57.2 Å². The molecule has 0 radical (unpaired) electrons. The van der Waals surface area contributed by atoms with Crippen molar-refractivity contribution in [3.63, 3.8) is 0 Å². The van der Waals surface area contributed by atoms with Crippen LogP contribution in [0.1, 0.15) is 98.8 Å². The van der Waals surface area contributed by atoms with Crippen LogP contribution >= 0.6 is 0 Å². The van der Waals surface area contributed by atoms with Crippen molar-refractivity contribution in [3.05, 3.63) is 0 Å². The second kappa shape index (κ2) is 6.49. The second-order valence-electron chi connectivity index (χ2n) is 13.4. The van der Waals surface area contributed by atoms with Gasteiger partial charge < -0.3 is 10.2 Å². The monoisotopic (exact) mass is 416 g/mol. The number of aliphatic hydroxyl groups is 1. The molecule has 0 spiro atoms. The summed E-state index contributed by atoms with van der Waals surface area (Å²) in [5.74, 6) is 3.09. The third-order valence-corrected chi connectivity index (χ3v) is 12.3. The normalized spacial score (nSPS) is 56.9. The van der Waals surface area contributed by atoms with Gasteiger partial charge >= 0.3 is 5.97 Å². The molecule has 0 aromatic carbocycles. The van der Waals surface area contributed by atoms with Gasteiger partial charge in [0, 0.05) is 0 Å². The highest BCUT2D eigenvalue weighted by molar-refractivity contribution is 5.76. The first-order valence-electron chi connectivity index (χ1n) is 12.9. The highest BCUT2D eigenvalue weighted by Crippen LogP contribution is 2.73. The van der Waals surface area contributed by atoms with Crippen molar-refractivity contribution in [2.75, 3.05) is 0 Å². The van der Waals surface area contributed by atoms with Gasteiger partial charge in [-0.2, -0.15) is 0 Å². The maximum atomic E-state index is 12.5. The lowest BCUT2D eigenvalue weighted by Crippen LogP contribution is -2.63. The van der Waals surface area contributed by atoms with E-state index in [1.165, 1.54) is 32.1 Å². The predicted molar refractivity (Wildman–Crippen MR) is 119 cm³/mol. The predicted octanol–water partition coefficient (Wildman–Crippen LogP) is 6.14. The zero-order valence-corrected chi connectivity index (χ0v) is 19.9. The van der Waals surface area contributed by atoms with Crippen LogP contribution in [-0.4, -0.2) is 22.3 Å². The molecule has 0 saturated heterocycles. The third-order valence-electron chi connectivity index (χ3n) is 12.3. The van der Waals surface area contributed by atoms with Crippen LogP contribution in [-0.2, 0) is 4.79 Å². The van der Waals surface area contributed by atoms with E-state index in [2.05, 4.69) is 34.6 Å². The van der Waals surface area contributed by atoms with Crippen molar-refractivity contribution in [2.45, 2.75) is 105 Å². The summed E-state index contributed by atoms with van der Waals surface area (Å²) in [5, 5.41) is 21.1. The Hall–Kier alpha value is -0.570. The van der Waals surface area contributed by atoms with Crippen molar-refractivity contribution in [1.29, 1.82) is 0 Å². The minimum absolute atomic E-state index is 0.0101. The van der Waals surface area contributed by atoms with Gasteiger partial charge in [0.2, 0.25) is 0 Å². The molecule has 0 amide bonds. The zero-order chi connectivity index (χ0) is 21.7. The standard InChI is InChI=1S/C27H44O3/c1-16-8-14-27(23(29)30)15-9-18-17(22(16)27)6-7-20-25(18,4)12-10-19-24(2,3)21(28)11-13-26(19,20)5/h16-22,28H,6-15H2,1-5H3,(H,29,30). The van der Waals surface area contributed by atoms with E-state index in [1.54, 1.807) is 0 Å². The number of rotatable bonds is 1. The van der Waals surface area contributed by atoms with Crippen molar-refractivity contribution in [3.8, 4) is 0 Å². The summed E-state index contributed by atoms with van der Waals surface area (Å²) in [6, 6.07) is 0. The van der Waals surface area contributed by atoms with Gasteiger partial charge in [-0.15, -0.1) is 0 Å². The highest BCUT2D eigenvalue weighted by atomic mass is 16.4. The first-order chi connectivity index (χ1) is 14.0. The van der Waals surface area contributed by atoms with Gasteiger partial charge in [-0.05, 0) is 116 Å². The summed E-state index contributed by atoms with van der Waals surface area (Å²) in [4.78, 5) is 12.5. The SMILES string of the molecule is CC1CCC2(C(=O)O)CCC3C(CCC4C3(C)CCC3C(C)(C)C(O)CCC34C)C12. The molecule has 0 aliphatic heterocycles. The molecule has 5 fully saturated rings. The van der Waals surface area contributed by atoms with E-state index in [0.717, 1.165) is 38.0 Å². The highest BCUT2D eigenvalue weighted by Gasteiger charge is 2.67. The molecule has 5 aliphatic rings. The fraction of sp³-hybridized carbons (Fsp3) is 0.963. The minimum Gasteiger partial charge on any atom is -0.481 e. The summed E-state index contributed by atoms with van der Waals surface area (Å²) in [6.07, 6.45) is 11.0. The van der Waals surface area contributed by atoms with Crippen molar-refractivity contribution >= 4 is 5.97 Å². The molecule has 3 nitrogen and oxygen atoms in total. The van der Waals surface area contributed by atoms with E-state index < -0.39 is 11.4 Å². The van der Waals surface area contributed by atoms with E-state index >= 15 is 0 Å². The lowest BCUT2D eigenvalue weighted by molar-refractivity contribution is -0.218. The van der Waals surface area contributed by atoms with Gasteiger partial charge in [-0.25, -0.2) is 0 Å². The molecule has 5 saturated carbocycles. The fourth-order valence-corrected chi connectivity index (χ4v) is 11.0. The fourth-order valence-electron chi connectivity index (χ4n) is 11.0. The Labute approximate surface area is 183 Å². The molecular weight excluding hydrogens is 372 g/mol. The number of aliphatic carboxylic acids is 1. The molecule has 0 aromatic rings. The average molecular weight is 417 g/mol. The summed E-state index contributed by atoms with van der Waals surface area (Å²) in [5.41, 5.74) is 0.251. The summed E-state index contributed by atoms with van der Waals surface area (Å²) >= 11 is 0.